The van der Waals surface area contributed by atoms with Crippen molar-refractivity contribution >= 4 is 23.0 Å². The van der Waals surface area contributed by atoms with Crippen molar-refractivity contribution in [1.82, 2.24) is 10.9 Å². The lowest BCUT2D eigenvalue weighted by molar-refractivity contribution is 0.218. The zero-order chi connectivity index (χ0) is 15.3. The van der Waals surface area contributed by atoms with E-state index in [-0.39, 0.29) is 0 Å². The molecule has 0 saturated heterocycles. The predicted molar refractivity (Wildman–Crippen MR) is 93.8 cm³/mol. The molecule has 1 aromatic rings. The van der Waals surface area contributed by atoms with Crippen LogP contribution in [-0.2, 0) is 0 Å². The molecule has 1 aliphatic rings. The quantitative estimate of drug-likeness (QED) is 0.577. The molecule has 0 spiro atoms. The molecule has 114 valence electrons. The van der Waals surface area contributed by atoms with Crippen molar-refractivity contribution in [3.63, 3.8) is 0 Å². The Hall–Kier alpha value is -1.55. The van der Waals surface area contributed by atoms with Gasteiger partial charge in [-0.15, -0.1) is 0 Å². The minimum Gasteiger partial charge on any atom is -0.331 e. The molecule has 0 aliphatic heterocycles. The van der Waals surface area contributed by atoms with Crippen LogP contribution < -0.4 is 16.2 Å². The third-order valence-electron chi connectivity index (χ3n) is 4.00. The molecule has 3 nitrogen and oxygen atoms in total. The second kappa shape index (κ2) is 6.94. The van der Waals surface area contributed by atoms with Crippen molar-refractivity contribution in [2.45, 2.75) is 40.0 Å². The average Bonchev–Trinajstić information content (AvgIpc) is 2.46. The van der Waals surface area contributed by atoms with Crippen molar-refractivity contribution in [1.29, 1.82) is 0 Å². The zero-order valence-electron chi connectivity index (χ0n) is 13.1. The Morgan fingerprint density at radius 3 is 2.48 bits per heavy atom. The zero-order valence-corrected chi connectivity index (χ0v) is 13.9. The average molecular weight is 303 g/mol. The molecule has 1 aromatic carbocycles. The Labute approximate surface area is 133 Å². The molecule has 3 N–H and O–H groups in total. The van der Waals surface area contributed by atoms with Crippen LogP contribution in [0.3, 0.4) is 0 Å². The van der Waals surface area contributed by atoms with Gasteiger partial charge in [0.2, 0.25) is 0 Å². The first kappa shape index (κ1) is 15.8. The van der Waals surface area contributed by atoms with E-state index in [2.05, 4.69) is 43.0 Å². The maximum atomic E-state index is 5.27. The van der Waals surface area contributed by atoms with Crippen LogP contribution in [0, 0.1) is 11.3 Å². The van der Waals surface area contributed by atoms with Gasteiger partial charge in [-0.25, -0.2) is 0 Å². The van der Waals surface area contributed by atoms with Crippen LogP contribution in [0.4, 0.5) is 5.69 Å². The molecule has 0 radical (unpaired) electrons. The number of anilines is 1. The Morgan fingerprint density at radius 2 is 1.90 bits per heavy atom. The molecule has 21 heavy (non-hydrogen) atoms. The third kappa shape index (κ3) is 5.05. The number of benzene rings is 1. The van der Waals surface area contributed by atoms with E-state index in [1.807, 2.05) is 30.3 Å². The molecule has 4 heteroatoms. The maximum Gasteiger partial charge on any atom is 0.189 e. The van der Waals surface area contributed by atoms with Gasteiger partial charge in [-0.3, -0.25) is 5.43 Å². The fourth-order valence-electron chi connectivity index (χ4n) is 2.56. The van der Waals surface area contributed by atoms with E-state index >= 15 is 0 Å². The summed E-state index contributed by atoms with van der Waals surface area (Å²) in [6.45, 7) is 6.96. The number of hydrazine groups is 1. The van der Waals surface area contributed by atoms with Crippen molar-refractivity contribution in [2.75, 3.05) is 5.32 Å². The van der Waals surface area contributed by atoms with E-state index in [0.717, 1.165) is 24.4 Å². The van der Waals surface area contributed by atoms with E-state index < -0.39 is 0 Å². The Kier molecular flexibility index (Phi) is 5.23. The monoisotopic (exact) mass is 303 g/mol. The Balaban J connectivity index is 1.76. The fourth-order valence-corrected chi connectivity index (χ4v) is 2.72. The second-order valence-electron chi connectivity index (χ2n) is 6.64. The highest BCUT2D eigenvalue weighted by Gasteiger charge is 2.26. The number of hydrogen-bond acceptors (Lipinski definition) is 2. The van der Waals surface area contributed by atoms with Crippen LogP contribution in [0.2, 0.25) is 0 Å². The van der Waals surface area contributed by atoms with Gasteiger partial charge in [0.05, 0.1) is 0 Å². The van der Waals surface area contributed by atoms with Crippen LogP contribution in [-0.4, -0.2) is 5.11 Å². The second-order valence-corrected chi connectivity index (χ2v) is 7.05. The summed E-state index contributed by atoms with van der Waals surface area (Å²) in [6.07, 6.45) is 5.72. The highest BCUT2D eigenvalue weighted by Crippen LogP contribution is 2.36. The molecule has 0 saturated carbocycles. The number of rotatable bonds is 3. The predicted octanol–water partition coefficient (Wildman–Crippen LogP) is 4.21. The van der Waals surface area contributed by atoms with E-state index in [1.165, 1.54) is 12.1 Å². The van der Waals surface area contributed by atoms with Crippen molar-refractivity contribution in [3.05, 3.63) is 42.1 Å². The topological polar surface area (TPSA) is 36.1 Å². The summed E-state index contributed by atoms with van der Waals surface area (Å²) in [6, 6.07) is 9.92. The lowest BCUT2D eigenvalue weighted by atomic mass is 9.74. The SMILES string of the molecule is CC(C)(C)[C@H]1CC=C(NNC(=S)Nc2ccccc2)CC1. The van der Waals surface area contributed by atoms with Gasteiger partial charge in [0.15, 0.2) is 5.11 Å². The fraction of sp³-hybridized carbons (Fsp3) is 0.471. The first-order valence-corrected chi connectivity index (χ1v) is 7.93. The van der Waals surface area contributed by atoms with Crippen LogP contribution in [0.25, 0.3) is 0 Å². The number of hydrogen-bond donors (Lipinski definition) is 3. The molecule has 0 unspecified atom stereocenters. The maximum absolute atomic E-state index is 5.27. The molecular formula is C17H25N3S. The van der Waals surface area contributed by atoms with E-state index in [9.17, 15) is 0 Å². The minimum atomic E-state index is 0.389. The first-order valence-electron chi connectivity index (χ1n) is 7.52. The number of allylic oxidation sites excluding steroid dienone is 2. The van der Waals surface area contributed by atoms with E-state index in [0.29, 0.717) is 10.5 Å². The van der Waals surface area contributed by atoms with Gasteiger partial charge in [-0.05, 0) is 54.9 Å². The summed E-state index contributed by atoms with van der Waals surface area (Å²) in [5.74, 6) is 0.762. The molecule has 1 atom stereocenters. The standard InChI is InChI=1S/C17H25N3S/c1-17(2,3)13-9-11-15(12-10-13)19-20-16(21)18-14-7-5-4-6-8-14/h4-8,11,13,19H,9-10,12H2,1-3H3,(H2,18,20,21)/t13-/m0/s1. The summed E-state index contributed by atoms with van der Waals surface area (Å²) < 4.78 is 0. The Bertz CT molecular complexity index is 503. The van der Waals surface area contributed by atoms with Gasteiger partial charge < -0.3 is 10.7 Å². The van der Waals surface area contributed by atoms with E-state index in [1.54, 1.807) is 0 Å². The largest absolute Gasteiger partial charge is 0.331 e. The summed E-state index contributed by atoms with van der Waals surface area (Å²) >= 11 is 5.27. The highest BCUT2D eigenvalue weighted by atomic mass is 32.1. The third-order valence-corrected chi connectivity index (χ3v) is 4.21. The molecule has 0 fully saturated rings. The van der Waals surface area contributed by atoms with Gasteiger partial charge >= 0.3 is 0 Å². The summed E-state index contributed by atoms with van der Waals surface area (Å²) in [5.41, 5.74) is 8.88. The molecule has 0 heterocycles. The normalized spacial score (nSPS) is 18.6. The molecule has 0 amide bonds. The lowest BCUT2D eigenvalue weighted by Gasteiger charge is -2.33. The number of para-hydroxylation sites is 1. The molecule has 1 aliphatic carbocycles. The van der Waals surface area contributed by atoms with Gasteiger partial charge in [0, 0.05) is 11.4 Å². The smallest absolute Gasteiger partial charge is 0.189 e. The molecule has 0 aromatic heterocycles. The minimum absolute atomic E-state index is 0.389. The molecule has 0 bridgehead atoms. The number of nitrogens with one attached hydrogen (secondary N) is 3. The van der Waals surface area contributed by atoms with Crippen LogP contribution in [0.1, 0.15) is 40.0 Å². The van der Waals surface area contributed by atoms with Crippen molar-refractivity contribution in [3.8, 4) is 0 Å². The summed E-state index contributed by atoms with van der Waals surface area (Å²) in [5, 5.41) is 3.73. The molecular weight excluding hydrogens is 278 g/mol. The Morgan fingerprint density at radius 1 is 1.19 bits per heavy atom. The van der Waals surface area contributed by atoms with Crippen LogP contribution in [0.5, 0.6) is 0 Å². The number of thiocarbonyl (C=S) groups is 1. The van der Waals surface area contributed by atoms with Gasteiger partial charge in [-0.2, -0.15) is 0 Å². The van der Waals surface area contributed by atoms with Crippen molar-refractivity contribution in [2.24, 2.45) is 11.3 Å². The van der Waals surface area contributed by atoms with E-state index in [4.69, 9.17) is 12.2 Å². The molecule has 2 rings (SSSR count). The van der Waals surface area contributed by atoms with Gasteiger partial charge in [0.1, 0.15) is 0 Å². The van der Waals surface area contributed by atoms with Crippen LogP contribution in [0.15, 0.2) is 42.1 Å². The first-order chi connectivity index (χ1) is 9.95. The van der Waals surface area contributed by atoms with Gasteiger partial charge in [-0.1, -0.05) is 45.0 Å². The lowest BCUT2D eigenvalue weighted by Crippen LogP contribution is -2.40. The highest BCUT2D eigenvalue weighted by molar-refractivity contribution is 7.80. The summed E-state index contributed by atoms with van der Waals surface area (Å²) in [4.78, 5) is 0. The van der Waals surface area contributed by atoms with Crippen LogP contribution >= 0.6 is 12.2 Å². The summed E-state index contributed by atoms with van der Waals surface area (Å²) in [7, 11) is 0. The van der Waals surface area contributed by atoms with Gasteiger partial charge in [0.25, 0.3) is 0 Å². The van der Waals surface area contributed by atoms with Crippen molar-refractivity contribution < 1.29 is 0 Å².